The Morgan fingerprint density at radius 1 is 1.14 bits per heavy atom. The maximum Gasteiger partial charge on any atom is 0.355 e. The summed E-state index contributed by atoms with van der Waals surface area (Å²) in [5.41, 5.74) is 2.33. The van der Waals surface area contributed by atoms with E-state index in [2.05, 4.69) is 5.32 Å². The Hall–Kier alpha value is -3.30. The third-order valence-electron chi connectivity index (χ3n) is 6.36. The van der Waals surface area contributed by atoms with E-state index in [1.807, 2.05) is 18.2 Å². The lowest BCUT2D eigenvalue weighted by Gasteiger charge is -2.50. The number of methoxy groups -OCH3 is 1. The molecule has 1 N–H and O–H groups in total. The lowest BCUT2D eigenvalue weighted by atomic mass is 9.99. The zero-order chi connectivity index (χ0) is 24.4. The highest BCUT2D eigenvalue weighted by Crippen LogP contribution is 2.43. The van der Waals surface area contributed by atoms with Crippen LogP contribution < -0.4 is 10.1 Å². The Kier molecular flexibility index (Phi) is 6.79. The minimum atomic E-state index is -0.705. The van der Waals surface area contributed by atoms with Crippen molar-refractivity contribution in [1.82, 2.24) is 10.2 Å². The minimum Gasteiger partial charge on any atom is -0.497 e. The number of carbonyl (C=O) groups is 3. The Labute approximate surface area is 207 Å². The lowest BCUT2D eigenvalue weighted by molar-refractivity contribution is -0.152. The van der Waals surface area contributed by atoms with Crippen LogP contribution in [0.1, 0.15) is 28.8 Å². The Balaban J connectivity index is 1.33. The molecule has 182 valence electrons. The van der Waals surface area contributed by atoms with Crippen LogP contribution in [-0.2, 0) is 25.7 Å². The zero-order valence-electron chi connectivity index (χ0n) is 19.3. The van der Waals surface area contributed by atoms with Gasteiger partial charge in [-0.3, -0.25) is 14.5 Å². The summed E-state index contributed by atoms with van der Waals surface area (Å²) in [6, 6.07) is 15.3. The molecule has 2 fully saturated rings. The number of carbonyl (C=O) groups excluding carboxylic acids is 3. The number of nitrogens with one attached hydrogen (secondary N) is 1. The summed E-state index contributed by atoms with van der Waals surface area (Å²) < 4.78 is 16.7. The molecule has 2 aromatic rings. The topological polar surface area (TPSA) is 94.2 Å². The van der Waals surface area contributed by atoms with E-state index in [1.165, 1.54) is 16.7 Å². The molecule has 2 saturated heterocycles. The highest BCUT2D eigenvalue weighted by Gasteiger charge is 2.55. The van der Waals surface area contributed by atoms with E-state index >= 15 is 0 Å². The summed E-state index contributed by atoms with van der Waals surface area (Å²) in [6.07, 6.45) is 1.49. The number of rotatable bonds is 7. The molecule has 2 amide bonds. The van der Waals surface area contributed by atoms with Gasteiger partial charge in [-0.2, -0.15) is 0 Å². The number of fused-ring (bicyclic) bond motifs is 1. The standard InChI is InChI=1S/C26H26N2O6S/c1-32-18-11-9-16(10-12-18)14-34-26(31)22-19(20-8-5-13-33-20)15-35-25-21(24(30)28(22)25)27-23(29)17-6-3-2-4-7-17/h2-4,6-7,9-12,20-21,25H,5,8,13-15H2,1H3,(H,27,29)/t20?,21-,25?/m1/s1. The molecule has 3 heterocycles. The van der Waals surface area contributed by atoms with Crippen LogP contribution >= 0.6 is 11.8 Å². The first-order valence-electron chi connectivity index (χ1n) is 11.5. The molecular formula is C26H26N2O6S. The lowest BCUT2D eigenvalue weighted by Crippen LogP contribution is -2.70. The smallest absolute Gasteiger partial charge is 0.355 e. The summed E-state index contributed by atoms with van der Waals surface area (Å²) in [4.78, 5) is 40.6. The number of esters is 1. The highest BCUT2D eigenvalue weighted by atomic mass is 32.2. The van der Waals surface area contributed by atoms with Gasteiger partial charge in [0.2, 0.25) is 0 Å². The second-order valence-corrected chi connectivity index (χ2v) is 9.63. The number of ether oxygens (including phenoxy) is 3. The molecule has 35 heavy (non-hydrogen) atoms. The number of thioether (sulfide) groups is 1. The van der Waals surface area contributed by atoms with Crippen molar-refractivity contribution >= 4 is 29.5 Å². The van der Waals surface area contributed by atoms with Crippen molar-refractivity contribution in [2.24, 2.45) is 0 Å². The molecule has 0 spiro atoms. The Bertz CT molecular complexity index is 1140. The summed E-state index contributed by atoms with van der Waals surface area (Å²) in [5, 5.41) is 2.45. The van der Waals surface area contributed by atoms with Crippen molar-refractivity contribution in [3.8, 4) is 5.75 Å². The van der Waals surface area contributed by atoms with Crippen molar-refractivity contribution in [1.29, 1.82) is 0 Å². The third-order valence-corrected chi connectivity index (χ3v) is 7.66. The van der Waals surface area contributed by atoms with Gasteiger partial charge in [0.25, 0.3) is 11.8 Å². The number of nitrogens with zero attached hydrogens (tertiary/aromatic N) is 1. The second-order valence-electron chi connectivity index (χ2n) is 8.53. The van der Waals surface area contributed by atoms with Crippen LogP contribution in [0.25, 0.3) is 0 Å². The van der Waals surface area contributed by atoms with Crippen molar-refractivity contribution < 1.29 is 28.6 Å². The van der Waals surface area contributed by atoms with Gasteiger partial charge in [0.15, 0.2) is 0 Å². The first-order chi connectivity index (χ1) is 17.1. The average Bonchev–Trinajstić information content (AvgIpc) is 3.45. The molecule has 9 heteroatoms. The second kappa shape index (κ2) is 10.1. The van der Waals surface area contributed by atoms with Crippen molar-refractivity contribution in [3.63, 3.8) is 0 Å². The molecule has 0 radical (unpaired) electrons. The fraction of sp³-hybridized carbons (Fsp3) is 0.346. The number of hydrogen-bond acceptors (Lipinski definition) is 7. The molecule has 8 nitrogen and oxygen atoms in total. The predicted molar refractivity (Wildman–Crippen MR) is 130 cm³/mol. The Morgan fingerprint density at radius 2 is 1.91 bits per heavy atom. The molecule has 0 aromatic heterocycles. The van der Waals surface area contributed by atoms with Crippen LogP contribution in [0, 0.1) is 0 Å². The van der Waals surface area contributed by atoms with Crippen LogP contribution in [0.15, 0.2) is 65.9 Å². The van der Waals surface area contributed by atoms with Gasteiger partial charge in [-0.25, -0.2) is 4.79 Å². The van der Waals surface area contributed by atoms with E-state index in [4.69, 9.17) is 14.2 Å². The first kappa shape index (κ1) is 23.4. The number of benzene rings is 2. The molecule has 5 rings (SSSR count). The molecule has 0 aliphatic carbocycles. The van der Waals surface area contributed by atoms with Gasteiger partial charge >= 0.3 is 5.97 Å². The van der Waals surface area contributed by atoms with Gasteiger partial charge in [0, 0.05) is 17.9 Å². The van der Waals surface area contributed by atoms with Crippen molar-refractivity contribution in [2.45, 2.75) is 37.0 Å². The van der Waals surface area contributed by atoms with Gasteiger partial charge in [-0.1, -0.05) is 30.3 Å². The van der Waals surface area contributed by atoms with Gasteiger partial charge in [0.05, 0.1) is 13.2 Å². The molecule has 0 saturated carbocycles. The predicted octanol–water partition coefficient (Wildman–Crippen LogP) is 2.89. The van der Waals surface area contributed by atoms with Gasteiger partial charge in [-0.15, -0.1) is 11.8 Å². The maximum atomic E-state index is 13.3. The number of hydrogen-bond donors (Lipinski definition) is 1. The van der Waals surface area contributed by atoms with E-state index in [0.29, 0.717) is 23.7 Å². The summed E-state index contributed by atoms with van der Waals surface area (Å²) >= 11 is 1.53. The van der Waals surface area contributed by atoms with E-state index in [1.54, 1.807) is 43.5 Å². The van der Waals surface area contributed by atoms with Crippen LogP contribution in [0.3, 0.4) is 0 Å². The summed E-state index contributed by atoms with van der Waals surface area (Å²) in [5.74, 6) is 0.0485. The van der Waals surface area contributed by atoms with Crippen LogP contribution in [-0.4, -0.2) is 59.7 Å². The van der Waals surface area contributed by atoms with Gasteiger partial charge < -0.3 is 19.5 Å². The van der Waals surface area contributed by atoms with Crippen molar-refractivity contribution in [3.05, 3.63) is 77.0 Å². The fourth-order valence-electron chi connectivity index (χ4n) is 4.48. The molecule has 0 bridgehead atoms. The van der Waals surface area contributed by atoms with Crippen LogP contribution in [0.2, 0.25) is 0 Å². The van der Waals surface area contributed by atoms with Gasteiger partial charge in [0.1, 0.15) is 29.5 Å². The molecule has 3 aliphatic rings. The van der Waals surface area contributed by atoms with Crippen LogP contribution in [0.5, 0.6) is 5.75 Å². The van der Waals surface area contributed by atoms with E-state index < -0.39 is 12.0 Å². The molecule has 2 unspecified atom stereocenters. The minimum absolute atomic E-state index is 0.0686. The molecule has 3 atom stereocenters. The first-order valence-corrected chi connectivity index (χ1v) is 12.6. The zero-order valence-corrected chi connectivity index (χ0v) is 20.1. The third kappa shape index (κ3) is 4.66. The quantitative estimate of drug-likeness (QED) is 0.467. The maximum absolute atomic E-state index is 13.3. The molecule has 2 aromatic carbocycles. The normalized spacial score (nSPS) is 23.4. The SMILES string of the molecule is COc1ccc(COC(=O)C2=C(C3CCCO3)CSC3[C@H](NC(=O)c4ccccc4)C(=O)N23)cc1. The van der Waals surface area contributed by atoms with Crippen LogP contribution in [0.4, 0.5) is 0 Å². The van der Waals surface area contributed by atoms with E-state index in [-0.39, 0.29) is 35.6 Å². The fourth-order valence-corrected chi connectivity index (χ4v) is 5.89. The Morgan fingerprint density at radius 3 is 2.60 bits per heavy atom. The number of β-lactam (4-membered cyclic amide) rings is 1. The summed E-state index contributed by atoms with van der Waals surface area (Å²) in [6.45, 7) is 0.694. The average molecular weight is 495 g/mol. The van der Waals surface area contributed by atoms with E-state index in [9.17, 15) is 14.4 Å². The molecular weight excluding hydrogens is 468 g/mol. The molecule has 3 aliphatic heterocycles. The van der Waals surface area contributed by atoms with Crippen molar-refractivity contribution in [2.75, 3.05) is 19.5 Å². The summed E-state index contributed by atoms with van der Waals surface area (Å²) in [7, 11) is 1.59. The monoisotopic (exact) mass is 494 g/mol. The largest absolute Gasteiger partial charge is 0.497 e. The highest BCUT2D eigenvalue weighted by molar-refractivity contribution is 8.00. The van der Waals surface area contributed by atoms with E-state index in [0.717, 1.165) is 24.0 Å². The van der Waals surface area contributed by atoms with Gasteiger partial charge in [-0.05, 0) is 48.2 Å². The number of amides is 2.